The fraction of sp³-hybridized carbons (Fsp3) is 0. The summed E-state index contributed by atoms with van der Waals surface area (Å²) in [6.07, 6.45) is 0. The maximum Gasteiger partial charge on any atom is 0.0547 e. The van der Waals surface area contributed by atoms with Crippen molar-refractivity contribution in [2.75, 3.05) is 0 Å². The molecular formula is C52H33N3. The van der Waals surface area contributed by atoms with E-state index in [1.54, 1.807) is 0 Å². The molecule has 0 unspecified atom stereocenters. The lowest BCUT2D eigenvalue weighted by Gasteiger charge is -2.12. The average Bonchev–Trinajstić information content (AvgIpc) is 3.88. The van der Waals surface area contributed by atoms with Crippen molar-refractivity contribution in [2.45, 2.75) is 0 Å². The average molecular weight is 700 g/mol. The maximum absolute atomic E-state index is 2.45. The standard InChI is InChI=1S/C52H33N3/c1-2-14-38(15-3-1)53-48-20-10-7-17-42(48)45-31-36(24-28-50(45)53)37-23-27-44-41-16-6-9-19-47(41)55(52(44)32-37)40-26-29-51-46(33-40)43-18-8-11-21-49(43)54(51)39-25-22-34-12-4-5-13-35(34)30-39/h1-33H. The molecule has 256 valence electrons. The van der Waals surface area contributed by atoms with Crippen molar-refractivity contribution < 1.29 is 0 Å². The summed E-state index contributed by atoms with van der Waals surface area (Å²) in [4.78, 5) is 0. The van der Waals surface area contributed by atoms with Crippen molar-refractivity contribution in [2.24, 2.45) is 0 Å². The third-order valence-electron chi connectivity index (χ3n) is 11.6. The molecule has 0 saturated heterocycles. The van der Waals surface area contributed by atoms with Crippen molar-refractivity contribution >= 4 is 76.2 Å². The van der Waals surface area contributed by atoms with Crippen LogP contribution < -0.4 is 0 Å². The third kappa shape index (κ3) is 4.44. The molecule has 3 heterocycles. The van der Waals surface area contributed by atoms with Crippen LogP contribution in [0.3, 0.4) is 0 Å². The highest BCUT2D eigenvalue weighted by molar-refractivity contribution is 6.14. The molecule has 0 N–H and O–H groups in total. The number of rotatable bonds is 4. The highest BCUT2D eigenvalue weighted by atomic mass is 15.0. The first-order valence-corrected chi connectivity index (χ1v) is 18.9. The van der Waals surface area contributed by atoms with Crippen LogP contribution in [0.5, 0.6) is 0 Å². The number of hydrogen-bond acceptors (Lipinski definition) is 0. The first-order chi connectivity index (χ1) is 27.3. The van der Waals surface area contributed by atoms with Crippen molar-refractivity contribution in [1.82, 2.24) is 13.7 Å². The van der Waals surface area contributed by atoms with E-state index in [0.717, 1.165) is 5.69 Å². The molecule has 0 aliphatic carbocycles. The molecule has 3 aromatic heterocycles. The van der Waals surface area contributed by atoms with Crippen molar-refractivity contribution in [3.63, 3.8) is 0 Å². The van der Waals surface area contributed by atoms with E-state index in [9.17, 15) is 0 Å². The molecule has 0 saturated carbocycles. The van der Waals surface area contributed by atoms with Gasteiger partial charge in [-0.2, -0.15) is 0 Å². The van der Waals surface area contributed by atoms with Crippen LogP contribution in [-0.4, -0.2) is 13.7 Å². The van der Waals surface area contributed by atoms with Crippen molar-refractivity contribution in [1.29, 1.82) is 0 Å². The summed E-state index contributed by atoms with van der Waals surface area (Å²) in [6, 6.07) is 73.3. The van der Waals surface area contributed by atoms with Crippen LogP contribution in [0.2, 0.25) is 0 Å². The molecule has 55 heavy (non-hydrogen) atoms. The molecule has 0 bridgehead atoms. The normalized spacial score (nSPS) is 12.0. The summed E-state index contributed by atoms with van der Waals surface area (Å²) in [5.74, 6) is 0. The highest BCUT2D eigenvalue weighted by Gasteiger charge is 2.18. The Kier molecular flexibility index (Phi) is 6.34. The topological polar surface area (TPSA) is 14.8 Å². The van der Waals surface area contributed by atoms with Gasteiger partial charge in [0.25, 0.3) is 0 Å². The van der Waals surface area contributed by atoms with Gasteiger partial charge in [-0.25, -0.2) is 0 Å². The Labute approximate surface area is 317 Å². The van der Waals surface area contributed by atoms with Crippen molar-refractivity contribution in [3.05, 3.63) is 200 Å². The van der Waals surface area contributed by atoms with Crippen LogP contribution in [0.15, 0.2) is 200 Å². The van der Waals surface area contributed by atoms with Crippen LogP contribution >= 0.6 is 0 Å². The number of benzene rings is 9. The molecular weight excluding hydrogens is 667 g/mol. The van der Waals surface area contributed by atoms with E-state index in [2.05, 4.69) is 214 Å². The summed E-state index contributed by atoms with van der Waals surface area (Å²) < 4.78 is 7.24. The van der Waals surface area contributed by atoms with Gasteiger partial charge in [0.05, 0.1) is 33.1 Å². The minimum atomic E-state index is 1.15. The van der Waals surface area contributed by atoms with Crippen LogP contribution in [0, 0.1) is 0 Å². The lowest BCUT2D eigenvalue weighted by Crippen LogP contribution is -1.96. The zero-order chi connectivity index (χ0) is 36.0. The maximum atomic E-state index is 2.45. The molecule has 12 aromatic rings. The second-order valence-corrected chi connectivity index (χ2v) is 14.6. The predicted molar refractivity (Wildman–Crippen MR) is 232 cm³/mol. The Morgan fingerprint density at radius 2 is 0.673 bits per heavy atom. The van der Waals surface area contributed by atoms with E-state index >= 15 is 0 Å². The predicted octanol–water partition coefficient (Wildman–Crippen LogP) is 13.8. The van der Waals surface area contributed by atoms with Crippen LogP contribution in [0.4, 0.5) is 0 Å². The van der Waals surface area contributed by atoms with Gasteiger partial charge in [0, 0.05) is 49.4 Å². The highest BCUT2D eigenvalue weighted by Crippen LogP contribution is 2.40. The molecule has 12 rings (SSSR count). The summed E-state index contributed by atoms with van der Waals surface area (Å²) in [6.45, 7) is 0. The fourth-order valence-electron chi connectivity index (χ4n) is 9.13. The minimum Gasteiger partial charge on any atom is -0.309 e. The second kappa shape index (κ2) is 11.6. The quantitative estimate of drug-likeness (QED) is 0.174. The van der Waals surface area contributed by atoms with E-state index in [-0.39, 0.29) is 0 Å². The van der Waals surface area contributed by atoms with Crippen molar-refractivity contribution in [3.8, 4) is 28.2 Å². The van der Waals surface area contributed by atoms with E-state index < -0.39 is 0 Å². The lowest BCUT2D eigenvalue weighted by atomic mass is 10.0. The number of para-hydroxylation sites is 4. The summed E-state index contributed by atoms with van der Waals surface area (Å²) in [5.41, 5.74) is 13.1. The van der Waals surface area contributed by atoms with E-state index in [4.69, 9.17) is 0 Å². The Balaban J connectivity index is 1.06. The monoisotopic (exact) mass is 699 g/mol. The van der Waals surface area contributed by atoms with Gasteiger partial charge in [0.2, 0.25) is 0 Å². The van der Waals surface area contributed by atoms with Gasteiger partial charge in [-0.15, -0.1) is 0 Å². The van der Waals surface area contributed by atoms with E-state index in [1.807, 2.05) is 0 Å². The van der Waals surface area contributed by atoms with Gasteiger partial charge < -0.3 is 13.7 Å². The molecule has 3 nitrogen and oxygen atoms in total. The Bertz CT molecular complexity index is 3490. The third-order valence-corrected chi connectivity index (χ3v) is 11.6. The van der Waals surface area contributed by atoms with Crippen LogP contribution in [-0.2, 0) is 0 Å². The van der Waals surface area contributed by atoms with Gasteiger partial charge in [-0.05, 0) is 101 Å². The van der Waals surface area contributed by atoms with Gasteiger partial charge in [-0.1, -0.05) is 121 Å². The van der Waals surface area contributed by atoms with Gasteiger partial charge in [0.15, 0.2) is 0 Å². The Morgan fingerprint density at radius 3 is 1.40 bits per heavy atom. The first-order valence-electron chi connectivity index (χ1n) is 18.9. The zero-order valence-electron chi connectivity index (χ0n) is 29.9. The SMILES string of the molecule is c1ccc(-n2c3ccccc3c3cc(-c4ccc5c6ccccc6n(-c6ccc7c(c6)c6ccccc6n7-c6ccc7ccccc7c6)c5c4)ccc32)cc1. The summed E-state index contributed by atoms with van der Waals surface area (Å²) in [7, 11) is 0. The first kappa shape index (κ1) is 30.1. The molecule has 0 atom stereocenters. The second-order valence-electron chi connectivity index (χ2n) is 14.6. The van der Waals surface area contributed by atoms with Gasteiger partial charge in [-0.3, -0.25) is 0 Å². The van der Waals surface area contributed by atoms with Crippen LogP contribution in [0.25, 0.3) is 104 Å². The smallest absolute Gasteiger partial charge is 0.0547 e. The molecule has 0 fully saturated rings. The lowest BCUT2D eigenvalue weighted by molar-refractivity contribution is 1.17. The summed E-state index contributed by atoms with van der Waals surface area (Å²) >= 11 is 0. The number of aromatic nitrogens is 3. The van der Waals surface area contributed by atoms with Gasteiger partial charge in [0.1, 0.15) is 0 Å². The van der Waals surface area contributed by atoms with Gasteiger partial charge >= 0.3 is 0 Å². The Morgan fingerprint density at radius 1 is 0.218 bits per heavy atom. The molecule has 0 radical (unpaired) electrons. The molecule has 0 aliphatic heterocycles. The zero-order valence-corrected chi connectivity index (χ0v) is 29.9. The minimum absolute atomic E-state index is 1.15. The largest absolute Gasteiger partial charge is 0.309 e. The number of hydrogen-bond donors (Lipinski definition) is 0. The van der Waals surface area contributed by atoms with E-state index in [1.165, 1.54) is 98.7 Å². The summed E-state index contributed by atoms with van der Waals surface area (Å²) in [5, 5.41) is 9.99. The fourth-order valence-corrected chi connectivity index (χ4v) is 9.13. The molecule has 0 amide bonds. The number of fused-ring (bicyclic) bond motifs is 10. The molecule has 0 spiro atoms. The molecule has 3 heteroatoms. The molecule has 0 aliphatic rings. The van der Waals surface area contributed by atoms with Crippen LogP contribution in [0.1, 0.15) is 0 Å². The number of nitrogens with zero attached hydrogens (tertiary/aromatic N) is 3. The van der Waals surface area contributed by atoms with E-state index in [0.29, 0.717) is 0 Å². The molecule has 9 aromatic carbocycles. The Hall–Kier alpha value is -7.36.